The zero-order valence-electron chi connectivity index (χ0n) is 12.6. The number of amides is 1. The number of anilines is 2. The Kier molecular flexibility index (Phi) is 4.88. The highest BCUT2D eigenvalue weighted by Gasteiger charge is 2.27. The van der Waals surface area contributed by atoms with Crippen LogP contribution in [0.2, 0.25) is 0 Å². The molecule has 0 aromatic carbocycles. The summed E-state index contributed by atoms with van der Waals surface area (Å²) in [6.45, 7) is 3.64. The normalized spacial score (nSPS) is 16.1. The molecule has 1 heterocycles. The van der Waals surface area contributed by atoms with E-state index in [-0.39, 0.29) is 23.0 Å². The van der Waals surface area contributed by atoms with E-state index < -0.39 is 5.91 Å². The van der Waals surface area contributed by atoms with Crippen molar-refractivity contribution in [3.63, 3.8) is 0 Å². The molecule has 1 aliphatic carbocycles. The molecule has 0 spiro atoms. The number of carbonyl (C=O) groups is 2. The van der Waals surface area contributed by atoms with Crippen molar-refractivity contribution < 1.29 is 9.59 Å². The van der Waals surface area contributed by atoms with Gasteiger partial charge in [-0.05, 0) is 12.8 Å². The summed E-state index contributed by atoms with van der Waals surface area (Å²) in [4.78, 5) is 24.3. The SMILES string of the molecule is CC(C)C(=O)c1sc(NC2CCCCC2)c(C(N)=O)c1N. The lowest BCUT2D eigenvalue weighted by Crippen LogP contribution is -2.23. The third-order valence-corrected chi connectivity index (χ3v) is 5.03. The van der Waals surface area contributed by atoms with Gasteiger partial charge in [0.2, 0.25) is 0 Å². The maximum Gasteiger partial charge on any atom is 0.253 e. The number of carbonyl (C=O) groups excluding carboxylic acids is 2. The Labute approximate surface area is 129 Å². The van der Waals surface area contributed by atoms with Crippen molar-refractivity contribution >= 4 is 33.7 Å². The smallest absolute Gasteiger partial charge is 0.253 e. The molecule has 1 aliphatic rings. The molecule has 5 N–H and O–H groups in total. The molecule has 0 unspecified atom stereocenters. The Hall–Kier alpha value is -1.56. The van der Waals surface area contributed by atoms with Crippen LogP contribution in [0.4, 0.5) is 10.7 Å². The number of ketones is 1. The van der Waals surface area contributed by atoms with E-state index >= 15 is 0 Å². The molecule has 1 saturated carbocycles. The van der Waals surface area contributed by atoms with Gasteiger partial charge < -0.3 is 16.8 Å². The van der Waals surface area contributed by atoms with Gasteiger partial charge in [0.1, 0.15) is 5.00 Å². The zero-order valence-corrected chi connectivity index (χ0v) is 13.4. The number of nitrogens with two attached hydrogens (primary N) is 2. The van der Waals surface area contributed by atoms with Crippen LogP contribution in [0.15, 0.2) is 0 Å². The number of hydrogen-bond acceptors (Lipinski definition) is 5. The van der Waals surface area contributed by atoms with Crippen LogP contribution in [-0.4, -0.2) is 17.7 Å². The summed E-state index contributed by atoms with van der Waals surface area (Å²) in [5, 5.41) is 4.02. The number of primary amides is 1. The van der Waals surface area contributed by atoms with E-state index in [0.29, 0.717) is 15.9 Å². The van der Waals surface area contributed by atoms with Gasteiger partial charge in [0.15, 0.2) is 5.78 Å². The van der Waals surface area contributed by atoms with E-state index in [2.05, 4.69) is 5.32 Å². The van der Waals surface area contributed by atoms with Gasteiger partial charge in [0.25, 0.3) is 5.91 Å². The highest BCUT2D eigenvalue weighted by atomic mass is 32.1. The lowest BCUT2D eigenvalue weighted by molar-refractivity contribution is 0.0944. The quantitative estimate of drug-likeness (QED) is 0.728. The molecule has 1 aromatic heterocycles. The standard InChI is InChI=1S/C15H23N3O2S/c1-8(2)12(19)13-11(16)10(14(17)20)15(21-13)18-9-6-4-3-5-7-9/h8-9,18H,3-7,16H2,1-2H3,(H2,17,20). The van der Waals surface area contributed by atoms with E-state index in [1.54, 1.807) is 0 Å². The summed E-state index contributed by atoms with van der Waals surface area (Å²) in [6.07, 6.45) is 5.77. The van der Waals surface area contributed by atoms with Crippen molar-refractivity contribution in [1.29, 1.82) is 0 Å². The maximum absolute atomic E-state index is 12.2. The summed E-state index contributed by atoms with van der Waals surface area (Å²) >= 11 is 1.26. The number of nitrogen functional groups attached to an aromatic ring is 1. The summed E-state index contributed by atoms with van der Waals surface area (Å²) in [5.41, 5.74) is 11.9. The van der Waals surface area contributed by atoms with Crippen LogP contribution in [0.25, 0.3) is 0 Å². The van der Waals surface area contributed by atoms with Crippen LogP contribution >= 0.6 is 11.3 Å². The minimum atomic E-state index is -0.579. The predicted octanol–water partition coefficient (Wildman–Crippen LogP) is 3.01. The zero-order chi connectivity index (χ0) is 15.6. The van der Waals surface area contributed by atoms with Gasteiger partial charge in [-0.2, -0.15) is 0 Å². The number of nitrogens with one attached hydrogen (secondary N) is 1. The maximum atomic E-state index is 12.2. The first-order chi connectivity index (χ1) is 9.91. The van der Waals surface area contributed by atoms with Crippen LogP contribution in [0.5, 0.6) is 0 Å². The minimum Gasteiger partial charge on any atom is -0.397 e. The van der Waals surface area contributed by atoms with Crippen molar-refractivity contribution in [3.8, 4) is 0 Å². The molecule has 1 amide bonds. The van der Waals surface area contributed by atoms with Gasteiger partial charge in [0, 0.05) is 12.0 Å². The second-order valence-electron chi connectivity index (χ2n) is 5.91. The predicted molar refractivity (Wildman–Crippen MR) is 86.9 cm³/mol. The number of rotatable bonds is 5. The average molecular weight is 309 g/mol. The Bertz CT molecular complexity index is 545. The summed E-state index contributed by atoms with van der Waals surface area (Å²) in [5.74, 6) is -0.782. The minimum absolute atomic E-state index is 0.0447. The number of hydrogen-bond donors (Lipinski definition) is 3. The van der Waals surface area contributed by atoms with Gasteiger partial charge in [-0.3, -0.25) is 9.59 Å². The highest BCUT2D eigenvalue weighted by molar-refractivity contribution is 7.19. The summed E-state index contributed by atoms with van der Waals surface area (Å²) in [6, 6.07) is 0.330. The first-order valence-electron chi connectivity index (χ1n) is 7.44. The van der Waals surface area contributed by atoms with E-state index in [1.807, 2.05) is 13.8 Å². The fourth-order valence-electron chi connectivity index (χ4n) is 2.67. The van der Waals surface area contributed by atoms with Crippen LogP contribution < -0.4 is 16.8 Å². The fourth-order valence-corrected chi connectivity index (χ4v) is 3.96. The van der Waals surface area contributed by atoms with E-state index in [4.69, 9.17) is 11.5 Å². The molecule has 0 bridgehead atoms. The van der Waals surface area contributed by atoms with E-state index in [9.17, 15) is 9.59 Å². The van der Waals surface area contributed by atoms with Gasteiger partial charge in [0.05, 0.1) is 16.1 Å². The van der Waals surface area contributed by atoms with Gasteiger partial charge >= 0.3 is 0 Å². The third-order valence-electron chi connectivity index (χ3n) is 3.88. The van der Waals surface area contributed by atoms with Gasteiger partial charge in [-0.25, -0.2) is 0 Å². The Morgan fingerprint density at radius 1 is 1.24 bits per heavy atom. The summed E-state index contributed by atoms with van der Waals surface area (Å²) in [7, 11) is 0. The molecule has 116 valence electrons. The van der Waals surface area contributed by atoms with Crippen molar-refractivity contribution in [2.24, 2.45) is 11.7 Å². The molecule has 2 rings (SSSR count). The van der Waals surface area contributed by atoms with E-state index in [0.717, 1.165) is 12.8 Å². The van der Waals surface area contributed by atoms with E-state index in [1.165, 1.54) is 30.6 Å². The van der Waals surface area contributed by atoms with Crippen LogP contribution in [-0.2, 0) is 0 Å². The molecule has 1 aromatic rings. The second-order valence-corrected chi connectivity index (χ2v) is 6.93. The van der Waals surface area contributed by atoms with Gasteiger partial charge in [-0.15, -0.1) is 11.3 Å². The first kappa shape index (κ1) is 15.8. The largest absolute Gasteiger partial charge is 0.397 e. The van der Waals surface area contributed by atoms with Crippen molar-refractivity contribution in [2.75, 3.05) is 11.1 Å². The molecule has 1 fully saturated rings. The van der Waals surface area contributed by atoms with Crippen LogP contribution in [0.1, 0.15) is 66.0 Å². The van der Waals surface area contributed by atoms with Gasteiger partial charge in [-0.1, -0.05) is 33.1 Å². The Balaban J connectivity index is 2.32. The Morgan fingerprint density at radius 3 is 2.38 bits per heavy atom. The number of thiophene rings is 1. The lowest BCUT2D eigenvalue weighted by Gasteiger charge is -2.23. The molecule has 5 nitrogen and oxygen atoms in total. The summed E-state index contributed by atoms with van der Waals surface area (Å²) < 4.78 is 0. The Morgan fingerprint density at radius 2 is 1.86 bits per heavy atom. The molecule has 0 aliphatic heterocycles. The second kappa shape index (κ2) is 6.47. The fraction of sp³-hybridized carbons (Fsp3) is 0.600. The molecular formula is C15H23N3O2S. The van der Waals surface area contributed by atoms with Crippen molar-refractivity contribution in [3.05, 3.63) is 10.4 Å². The number of Topliss-reactive ketones (excluding diaryl/α,β-unsaturated/α-hetero) is 1. The molecule has 0 atom stereocenters. The first-order valence-corrected chi connectivity index (χ1v) is 8.26. The third kappa shape index (κ3) is 3.37. The molecular weight excluding hydrogens is 286 g/mol. The van der Waals surface area contributed by atoms with Crippen LogP contribution in [0.3, 0.4) is 0 Å². The topological polar surface area (TPSA) is 98.2 Å². The molecule has 6 heteroatoms. The van der Waals surface area contributed by atoms with Crippen molar-refractivity contribution in [1.82, 2.24) is 0 Å². The lowest BCUT2D eigenvalue weighted by atomic mass is 9.95. The molecule has 0 radical (unpaired) electrons. The highest BCUT2D eigenvalue weighted by Crippen LogP contribution is 2.38. The molecule has 0 saturated heterocycles. The van der Waals surface area contributed by atoms with Crippen molar-refractivity contribution in [2.45, 2.75) is 52.0 Å². The van der Waals surface area contributed by atoms with Crippen LogP contribution in [0, 0.1) is 5.92 Å². The average Bonchev–Trinajstić information content (AvgIpc) is 2.75. The monoisotopic (exact) mass is 309 g/mol. The molecule has 21 heavy (non-hydrogen) atoms.